The summed E-state index contributed by atoms with van der Waals surface area (Å²) in [5.41, 5.74) is -0.514. The normalized spacial score (nSPS) is 25.4. The Kier molecular flexibility index (Phi) is 5.71. The molecule has 0 saturated carbocycles. The summed E-state index contributed by atoms with van der Waals surface area (Å²) in [5.74, 6) is 1.07. The second kappa shape index (κ2) is 8.11. The molecule has 0 aromatic carbocycles. The van der Waals surface area contributed by atoms with Crippen LogP contribution in [0.4, 0.5) is 10.6 Å². The highest BCUT2D eigenvalue weighted by molar-refractivity contribution is 5.68. The Morgan fingerprint density at radius 2 is 1.86 bits per heavy atom. The predicted octanol–water partition coefficient (Wildman–Crippen LogP) is 2.76. The summed E-state index contributed by atoms with van der Waals surface area (Å²) in [5, 5.41) is 0. The van der Waals surface area contributed by atoms with Crippen molar-refractivity contribution in [3.05, 3.63) is 24.4 Å². The van der Waals surface area contributed by atoms with Gasteiger partial charge >= 0.3 is 6.09 Å². The van der Waals surface area contributed by atoms with Crippen molar-refractivity contribution in [3.8, 4) is 0 Å². The van der Waals surface area contributed by atoms with Crippen molar-refractivity contribution >= 4 is 11.9 Å². The first-order valence-corrected chi connectivity index (χ1v) is 10.9. The minimum Gasteiger partial charge on any atom is -0.444 e. The summed E-state index contributed by atoms with van der Waals surface area (Å²) >= 11 is 0. The molecule has 7 heteroatoms. The van der Waals surface area contributed by atoms with Crippen LogP contribution in [0.25, 0.3) is 0 Å². The summed E-state index contributed by atoms with van der Waals surface area (Å²) in [6.07, 6.45) is 4.53. The zero-order valence-corrected chi connectivity index (χ0v) is 18.0. The highest BCUT2D eigenvalue weighted by Gasteiger charge is 2.45. The molecule has 3 aliphatic heterocycles. The first kappa shape index (κ1) is 20.4. The zero-order valence-electron chi connectivity index (χ0n) is 18.0. The van der Waals surface area contributed by atoms with Gasteiger partial charge in [-0.1, -0.05) is 6.07 Å². The van der Waals surface area contributed by atoms with E-state index >= 15 is 0 Å². The SMILES string of the molecule is CC(C)(C)OC(=O)N1CCC2(CC1)CC(N1CCN(c3ccccn3)CC1)CO2. The largest absolute Gasteiger partial charge is 0.444 e. The lowest BCUT2D eigenvalue weighted by Crippen LogP contribution is -2.52. The number of nitrogens with zero attached hydrogens (tertiary/aromatic N) is 4. The number of pyridine rings is 1. The van der Waals surface area contributed by atoms with Crippen molar-refractivity contribution in [3.63, 3.8) is 0 Å². The Labute approximate surface area is 174 Å². The molecule has 1 spiro atoms. The highest BCUT2D eigenvalue weighted by Crippen LogP contribution is 2.38. The molecule has 3 saturated heterocycles. The van der Waals surface area contributed by atoms with Gasteiger partial charge in [0, 0.05) is 51.5 Å². The number of carbonyl (C=O) groups is 1. The third-order valence-corrected chi connectivity index (χ3v) is 6.32. The maximum Gasteiger partial charge on any atom is 0.410 e. The molecule has 0 N–H and O–H groups in total. The van der Waals surface area contributed by atoms with Crippen LogP contribution >= 0.6 is 0 Å². The van der Waals surface area contributed by atoms with E-state index in [-0.39, 0.29) is 11.7 Å². The van der Waals surface area contributed by atoms with E-state index in [4.69, 9.17) is 9.47 Å². The van der Waals surface area contributed by atoms with Crippen LogP contribution in [0.3, 0.4) is 0 Å². The number of hydrogen-bond donors (Lipinski definition) is 0. The minimum absolute atomic E-state index is 0.0682. The Morgan fingerprint density at radius 3 is 2.48 bits per heavy atom. The van der Waals surface area contributed by atoms with Crippen LogP contribution < -0.4 is 4.90 Å². The number of piperazine rings is 1. The number of amides is 1. The molecule has 1 aromatic rings. The molecule has 1 unspecified atom stereocenters. The predicted molar refractivity (Wildman–Crippen MR) is 112 cm³/mol. The van der Waals surface area contributed by atoms with E-state index in [1.807, 2.05) is 44.0 Å². The molecule has 0 radical (unpaired) electrons. The lowest BCUT2D eigenvalue weighted by molar-refractivity contribution is -0.0489. The Morgan fingerprint density at radius 1 is 1.14 bits per heavy atom. The maximum absolute atomic E-state index is 12.3. The molecule has 29 heavy (non-hydrogen) atoms. The number of rotatable bonds is 2. The van der Waals surface area contributed by atoms with Gasteiger partial charge in [0.15, 0.2) is 0 Å². The van der Waals surface area contributed by atoms with Crippen LogP contribution in [0.15, 0.2) is 24.4 Å². The molecule has 4 rings (SSSR count). The second-order valence-electron chi connectivity index (χ2n) is 9.53. The Balaban J connectivity index is 1.25. The molecule has 0 aliphatic carbocycles. The number of ether oxygens (including phenoxy) is 2. The molecule has 1 amide bonds. The second-order valence-corrected chi connectivity index (χ2v) is 9.53. The van der Waals surface area contributed by atoms with Gasteiger partial charge in [-0.25, -0.2) is 9.78 Å². The van der Waals surface area contributed by atoms with Gasteiger partial charge in [-0.3, -0.25) is 4.90 Å². The van der Waals surface area contributed by atoms with E-state index in [9.17, 15) is 4.79 Å². The lowest BCUT2D eigenvalue weighted by atomic mass is 9.87. The van der Waals surface area contributed by atoms with Crippen molar-refractivity contribution in [1.29, 1.82) is 0 Å². The number of aromatic nitrogens is 1. The van der Waals surface area contributed by atoms with Crippen LogP contribution in [0.2, 0.25) is 0 Å². The smallest absolute Gasteiger partial charge is 0.410 e. The van der Waals surface area contributed by atoms with Crippen LogP contribution in [-0.2, 0) is 9.47 Å². The molecule has 4 heterocycles. The first-order chi connectivity index (χ1) is 13.8. The summed E-state index contributed by atoms with van der Waals surface area (Å²) in [7, 11) is 0. The van der Waals surface area contributed by atoms with Crippen molar-refractivity contribution < 1.29 is 14.3 Å². The molecule has 3 fully saturated rings. The fourth-order valence-corrected chi connectivity index (χ4v) is 4.68. The maximum atomic E-state index is 12.3. The third-order valence-electron chi connectivity index (χ3n) is 6.32. The van der Waals surface area contributed by atoms with Crippen LogP contribution in [-0.4, -0.2) is 84.0 Å². The van der Waals surface area contributed by atoms with Crippen molar-refractivity contribution in [2.45, 2.75) is 57.3 Å². The van der Waals surface area contributed by atoms with Crippen LogP contribution in [0.5, 0.6) is 0 Å². The van der Waals surface area contributed by atoms with Gasteiger partial charge in [-0.2, -0.15) is 0 Å². The number of piperidine rings is 1. The molecular weight excluding hydrogens is 368 g/mol. The minimum atomic E-state index is -0.446. The molecule has 1 atom stereocenters. The summed E-state index contributed by atoms with van der Waals surface area (Å²) in [6.45, 7) is 12.1. The fraction of sp³-hybridized carbons (Fsp3) is 0.727. The highest BCUT2D eigenvalue weighted by atomic mass is 16.6. The Bertz CT molecular complexity index is 690. The summed E-state index contributed by atoms with van der Waals surface area (Å²) in [4.78, 5) is 23.6. The molecule has 7 nitrogen and oxygen atoms in total. The Hall–Kier alpha value is -1.86. The van der Waals surface area contributed by atoms with Gasteiger partial charge in [0.2, 0.25) is 0 Å². The van der Waals surface area contributed by atoms with Gasteiger partial charge in [0.1, 0.15) is 11.4 Å². The van der Waals surface area contributed by atoms with Crippen molar-refractivity contribution in [1.82, 2.24) is 14.8 Å². The van der Waals surface area contributed by atoms with E-state index in [0.29, 0.717) is 6.04 Å². The van der Waals surface area contributed by atoms with Gasteiger partial charge in [0.05, 0.1) is 12.2 Å². The quantitative estimate of drug-likeness (QED) is 0.758. The molecular formula is C22H34N4O3. The van der Waals surface area contributed by atoms with Crippen LogP contribution in [0.1, 0.15) is 40.0 Å². The first-order valence-electron chi connectivity index (χ1n) is 10.9. The topological polar surface area (TPSA) is 58.1 Å². The third kappa shape index (κ3) is 4.83. The van der Waals surface area contributed by atoms with E-state index < -0.39 is 5.60 Å². The van der Waals surface area contributed by atoms with Gasteiger partial charge in [0.25, 0.3) is 0 Å². The van der Waals surface area contributed by atoms with E-state index in [1.165, 1.54) is 0 Å². The number of anilines is 1. The number of likely N-dealkylation sites (tertiary alicyclic amines) is 1. The summed E-state index contributed by atoms with van der Waals surface area (Å²) < 4.78 is 11.9. The molecule has 0 bridgehead atoms. The average molecular weight is 403 g/mol. The number of hydrogen-bond acceptors (Lipinski definition) is 6. The van der Waals surface area contributed by atoms with Gasteiger partial charge in [-0.05, 0) is 52.2 Å². The standard InChI is InChI=1S/C22H34N4O3/c1-21(2,3)29-20(27)26-10-7-22(8-11-26)16-18(17-28-22)24-12-14-25(15-13-24)19-6-4-5-9-23-19/h4-6,9,18H,7-8,10-17H2,1-3H3. The fourth-order valence-electron chi connectivity index (χ4n) is 4.68. The van der Waals surface area contributed by atoms with Gasteiger partial charge in [-0.15, -0.1) is 0 Å². The lowest BCUT2D eigenvalue weighted by Gasteiger charge is -2.40. The van der Waals surface area contributed by atoms with Crippen LogP contribution in [0, 0.1) is 0 Å². The van der Waals surface area contributed by atoms with Gasteiger partial charge < -0.3 is 19.3 Å². The van der Waals surface area contributed by atoms with Crippen molar-refractivity contribution in [2.75, 3.05) is 50.8 Å². The summed E-state index contributed by atoms with van der Waals surface area (Å²) in [6, 6.07) is 6.58. The molecule has 1 aromatic heterocycles. The number of carbonyl (C=O) groups excluding carboxylic acids is 1. The van der Waals surface area contributed by atoms with E-state index in [0.717, 1.165) is 71.0 Å². The molecule has 160 valence electrons. The van der Waals surface area contributed by atoms with Crippen molar-refractivity contribution in [2.24, 2.45) is 0 Å². The monoisotopic (exact) mass is 402 g/mol. The van der Waals surface area contributed by atoms with E-state index in [1.54, 1.807) is 0 Å². The van der Waals surface area contributed by atoms with E-state index in [2.05, 4.69) is 20.9 Å². The molecule has 3 aliphatic rings. The average Bonchev–Trinajstić information content (AvgIpc) is 3.11. The zero-order chi connectivity index (χ0) is 20.5.